The summed E-state index contributed by atoms with van der Waals surface area (Å²) >= 11 is 3.49. The van der Waals surface area contributed by atoms with Crippen LogP contribution in [-0.2, 0) is 0 Å². The molecule has 0 aliphatic carbocycles. The third-order valence-electron chi connectivity index (χ3n) is 1.80. The molecule has 0 amide bonds. The van der Waals surface area contributed by atoms with Gasteiger partial charge in [0.2, 0.25) is 0 Å². The van der Waals surface area contributed by atoms with Crippen molar-refractivity contribution in [2.45, 2.75) is 0 Å². The molecule has 2 aromatic rings. The van der Waals surface area contributed by atoms with Crippen molar-refractivity contribution in [1.29, 1.82) is 0 Å². The van der Waals surface area contributed by atoms with Crippen LogP contribution in [0.25, 0.3) is 11.1 Å². The Morgan fingerprint density at radius 2 is 1.92 bits per heavy atom. The maximum absolute atomic E-state index is 3.98. The number of hydrogen-bond acceptors (Lipinski definition) is 1. The Labute approximate surface area is 85.6 Å². The van der Waals surface area contributed by atoms with Crippen molar-refractivity contribution in [2.75, 3.05) is 0 Å². The Hall–Kier alpha value is -1.15. The van der Waals surface area contributed by atoms with E-state index >= 15 is 0 Å². The number of benzene rings is 1. The van der Waals surface area contributed by atoms with Crippen molar-refractivity contribution in [2.24, 2.45) is 0 Å². The highest BCUT2D eigenvalue weighted by Gasteiger charge is 1.99. The van der Waals surface area contributed by atoms with Gasteiger partial charge in [-0.2, -0.15) is 0 Å². The van der Waals surface area contributed by atoms with Gasteiger partial charge in [-0.1, -0.05) is 22.0 Å². The van der Waals surface area contributed by atoms with Crippen molar-refractivity contribution >= 4 is 15.9 Å². The Bertz CT molecular complexity index is 398. The van der Waals surface area contributed by atoms with Gasteiger partial charge in [0.05, 0.1) is 0 Å². The van der Waals surface area contributed by atoms with E-state index in [1.54, 1.807) is 12.4 Å². The van der Waals surface area contributed by atoms with Crippen molar-refractivity contribution in [3.05, 3.63) is 53.3 Å². The maximum Gasteiger partial charge on any atom is 0.0273 e. The maximum atomic E-state index is 3.98. The molecule has 0 bridgehead atoms. The van der Waals surface area contributed by atoms with Crippen LogP contribution in [0.4, 0.5) is 0 Å². The van der Waals surface area contributed by atoms with Gasteiger partial charge in [-0.05, 0) is 41.5 Å². The lowest BCUT2D eigenvalue weighted by Gasteiger charge is -2.02. The topological polar surface area (TPSA) is 12.9 Å². The average Bonchev–Trinajstić information content (AvgIpc) is 2.20. The molecule has 2 heteroatoms. The van der Waals surface area contributed by atoms with Gasteiger partial charge in [-0.3, -0.25) is 4.98 Å². The zero-order valence-corrected chi connectivity index (χ0v) is 8.45. The van der Waals surface area contributed by atoms with Crippen molar-refractivity contribution in [1.82, 2.24) is 4.98 Å². The van der Waals surface area contributed by atoms with Crippen molar-refractivity contribution in [3.8, 4) is 11.1 Å². The largest absolute Gasteiger partial charge is 0.265 e. The van der Waals surface area contributed by atoms with E-state index in [1.807, 2.05) is 30.3 Å². The lowest BCUT2D eigenvalue weighted by atomic mass is 10.1. The minimum absolute atomic E-state index is 1.08. The normalized spacial score (nSPS) is 9.92. The van der Waals surface area contributed by atoms with Crippen LogP contribution in [-0.4, -0.2) is 4.98 Å². The summed E-state index contributed by atoms with van der Waals surface area (Å²) in [4.78, 5) is 3.98. The molecule has 0 fully saturated rings. The van der Waals surface area contributed by atoms with Gasteiger partial charge < -0.3 is 0 Å². The van der Waals surface area contributed by atoms with E-state index in [-0.39, 0.29) is 0 Å². The van der Waals surface area contributed by atoms with Crippen LogP contribution in [0.1, 0.15) is 0 Å². The second-order valence-corrected chi connectivity index (χ2v) is 3.50. The molecule has 0 saturated carbocycles. The minimum Gasteiger partial charge on any atom is -0.265 e. The van der Waals surface area contributed by atoms with Crippen LogP contribution in [0.3, 0.4) is 0 Å². The molecule has 0 unspecified atom stereocenters. The van der Waals surface area contributed by atoms with Crippen molar-refractivity contribution in [3.63, 3.8) is 0 Å². The molecular weight excluding hydrogens is 226 g/mol. The SMILES string of the molecule is Brc1cc[c]cc1-c1ccncc1. The first kappa shape index (κ1) is 8.45. The standard InChI is InChI=1S/C11H7BrN/c12-11-4-2-1-3-10(11)9-5-7-13-8-6-9/h2-8H. The fourth-order valence-corrected chi connectivity index (χ4v) is 1.64. The van der Waals surface area contributed by atoms with E-state index < -0.39 is 0 Å². The van der Waals surface area contributed by atoms with Crippen LogP contribution >= 0.6 is 15.9 Å². The average molecular weight is 233 g/mol. The summed E-state index contributed by atoms with van der Waals surface area (Å²) in [5, 5.41) is 0. The van der Waals surface area contributed by atoms with E-state index in [2.05, 4.69) is 27.0 Å². The summed E-state index contributed by atoms with van der Waals surface area (Å²) in [5.41, 5.74) is 2.30. The van der Waals surface area contributed by atoms with Gasteiger partial charge in [0.25, 0.3) is 0 Å². The Morgan fingerprint density at radius 3 is 2.62 bits per heavy atom. The zero-order chi connectivity index (χ0) is 9.10. The highest BCUT2D eigenvalue weighted by Crippen LogP contribution is 2.26. The number of nitrogens with zero attached hydrogens (tertiary/aromatic N) is 1. The number of aromatic nitrogens is 1. The second kappa shape index (κ2) is 3.71. The predicted octanol–water partition coefficient (Wildman–Crippen LogP) is 3.31. The molecule has 0 spiro atoms. The van der Waals surface area contributed by atoms with Crippen LogP contribution in [0.2, 0.25) is 0 Å². The Kier molecular flexibility index (Phi) is 2.41. The lowest BCUT2D eigenvalue weighted by molar-refractivity contribution is 1.33. The molecule has 13 heavy (non-hydrogen) atoms. The van der Waals surface area contributed by atoms with Gasteiger partial charge in [-0.25, -0.2) is 0 Å². The van der Waals surface area contributed by atoms with E-state index in [0.717, 1.165) is 15.6 Å². The van der Waals surface area contributed by atoms with Gasteiger partial charge in [-0.15, -0.1) is 0 Å². The molecule has 1 aromatic carbocycles. The first-order valence-corrected chi connectivity index (χ1v) is 4.73. The van der Waals surface area contributed by atoms with E-state index in [0.29, 0.717) is 0 Å². The monoisotopic (exact) mass is 232 g/mol. The highest BCUT2D eigenvalue weighted by molar-refractivity contribution is 9.10. The fraction of sp³-hybridized carbons (Fsp3) is 0. The minimum atomic E-state index is 1.08. The molecule has 2 rings (SSSR count). The molecule has 1 nitrogen and oxygen atoms in total. The summed E-state index contributed by atoms with van der Waals surface area (Å²) in [6.45, 7) is 0. The number of pyridine rings is 1. The molecule has 0 atom stereocenters. The quantitative estimate of drug-likeness (QED) is 0.736. The van der Waals surface area contributed by atoms with Gasteiger partial charge in [0, 0.05) is 16.9 Å². The second-order valence-electron chi connectivity index (χ2n) is 2.64. The fourth-order valence-electron chi connectivity index (χ4n) is 1.16. The van der Waals surface area contributed by atoms with Gasteiger partial charge >= 0.3 is 0 Å². The molecule has 1 aromatic heterocycles. The summed E-state index contributed by atoms with van der Waals surface area (Å²) < 4.78 is 1.08. The molecule has 1 radical (unpaired) electrons. The van der Waals surface area contributed by atoms with E-state index in [9.17, 15) is 0 Å². The summed E-state index contributed by atoms with van der Waals surface area (Å²) in [5.74, 6) is 0. The number of halogens is 1. The number of hydrogen-bond donors (Lipinski definition) is 0. The first-order valence-electron chi connectivity index (χ1n) is 3.94. The highest BCUT2D eigenvalue weighted by atomic mass is 79.9. The lowest BCUT2D eigenvalue weighted by Crippen LogP contribution is -1.79. The summed E-state index contributed by atoms with van der Waals surface area (Å²) in [6.07, 6.45) is 3.57. The van der Waals surface area contributed by atoms with E-state index in [4.69, 9.17) is 0 Å². The van der Waals surface area contributed by atoms with Crippen LogP contribution in [0.15, 0.2) is 47.2 Å². The molecule has 0 aliphatic rings. The smallest absolute Gasteiger partial charge is 0.0273 e. The Morgan fingerprint density at radius 1 is 1.15 bits per heavy atom. The third kappa shape index (κ3) is 1.78. The first-order chi connectivity index (χ1) is 6.38. The van der Waals surface area contributed by atoms with Crippen LogP contribution < -0.4 is 0 Å². The molecule has 63 valence electrons. The number of rotatable bonds is 1. The van der Waals surface area contributed by atoms with Gasteiger partial charge in [0.1, 0.15) is 0 Å². The molecule has 0 N–H and O–H groups in total. The molecule has 0 aliphatic heterocycles. The van der Waals surface area contributed by atoms with Crippen molar-refractivity contribution < 1.29 is 0 Å². The summed E-state index contributed by atoms with van der Waals surface area (Å²) in [7, 11) is 0. The Balaban J connectivity index is 2.54. The van der Waals surface area contributed by atoms with Crippen LogP contribution in [0, 0.1) is 6.07 Å². The molecular formula is C11H7BrN. The van der Waals surface area contributed by atoms with Gasteiger partial charge in [0.15, 0.2) is 0 Å². The van der Waals surface area contributed by atoms with E-state index in [1.165, 1.54) is 0 Å². The molecule has 0 saturated heterocycles. The molecule has 1 heterocycles. The third-order valence-corrected chi connectivity index (χ3v) is 2.49. The summed E-state index contributed by atoms with van der Waals surface area (Å²) in [6, 6.07) is 12.8. The zero-order valence-electron chi connectivity index (χ0n) is 6.87. The van der Waals surface area contributed by atoms with Crippen LogP contribution in [0.5, 0.6) is 0 Å². The predicted molar refractivity (Wildman–Crippen MR) is 56.2 cm³/mol.